The van der Waals surface area contributed by atoms with Crippen molar-refractivity contribution in [3.8, 4) is 0 Å². The third-order valence-corrected chi connectivity index (χ3v) is 4.46. The third-order valence-electron chi connectivity index (χ3n) is 4.46. The molecule has 2 aromatic rings. The summed E-state index contributed by atoms with van der Waals surface area (Å²) in [6.45, 7) is 5.45. The first-order valence-corrected chi connectivity index (χ1v) is 7.69. The molecule has 5 heteroatoms. The van der Waals surface area contributed by atoms with Crippen molar-refractivity contribution in [2.75, 3.05) is 13.1 Å². The zero-order chi connectivity index (χ0) is 15.6. The Morgan fingerprint density at radius 3 is 2.55 bits per heavy atom. The Morgan fingerprint density at radius 2 is 1.95 bits per heavy atom. The summed E-state index contributed by atoms with van der Waals surface area (Å²) >= 11 is 0. The molecule has 1 aliphatic heterocycles. The number of rotatable bonds is 3. The van der Waals surface area contributed by atoms with Gasteiger partial charge in [0.25, 0.3) is 0 Å². The molecule has 3 rings (SSSR count). The van der Waals surface area contributed by atoms with Gasteiger partial charge in [0.05, 0.1) is 11.8 Å². The number of carbonyl (C=O) groups excluding carboxylic acids is 1. The maximum Gasteiger partial charge on any atom is 0.232 e. The van der Waals surface area contributed by atoms with Crippen molar-refractivity contribution in [3.05, 3.63) is 47.6 Å². The molecule has 0 atom stereocenters. The van der Waals surface area contributed by atoms with Gasteiger partial charge < -0.3 is 9.42 Å². The van der Waals surface area contributed by atoms with Crippen LogP contribution in [0.1, 0.15) is 37.0 Å². The van der Waals surface area contributed by atoms with E-state index in [0.717, 1.165) is 31.5 Å². The second-order valence-electron chi connectivity index (χ2n) is 6.25. The topological polar surface area (TPSA) is 59.2 Å². The third kappa shape index (κ3) is 3.03. The SMILES string of the molecule is Cc1noc(C2(C)CCN(C(=O)Cc3ccccc3)CC2)n1. The number of hydrogen-bond acceptors (Lipinski definition) is 4. The van der Waals surface area contributed by atoms with Crippen LogP contribution in [0.15, 0.2) is 34.9 Å². The summed E-state index contributed by atoms with van der Waals surface area (Å²) in [6.07, 6.45) is 2.18. The lowest BCUT2D eigenvalue weighted by molar-refractivity contribution is -0.132. The summed E-state index contributed by atoms with van der Waals surface area (Å²) in [5.74, 6) is 1.55. The Balaban J connectivity index is 1.60. The number of piperidine rings is 1. The van der Waals surface area contributed by atoms with Crippen LogP contribution in [-0.2, 0) is 16.6 Å². The summed E-state index contributed by atoms with van der Waals surface area (Å²) in [7, 11) is 0. The van der Waals surface area contributed by atoms with Gasteiger partial charge in [0, 0.05) is 13.1 Å². The van der Waals surface area contributed by atoms with Crippen molar-refractivity contribution in [2.24, 2.45) is 0 Å². The molecule has 1 aliphatic rings. The van der Waals surface area contributed by atoms with Gasteiger partial charge in [-0.3, -0.25) is 4.79 Å². The van der Waals surface area contributed by atoms with Crippen molar-refractivity contribution >= 4 is 5.91 Å². The number of hydrogen-bond donors (Lipinski definition) is 0. The van der Waals surface area contributed by atoms with E-state index >= 15 is 0 Å². The van der Waals surface area contributed by atoms with Crippen LogP contribution in [0.3, 0.4) is 0 Å². The summed E-state index contributed by atoms with van der Waals surface area (Å²) in [4.78, 5) is 18.7. The Kier molecular flexibility index (Phi) is 3.96. The summed E-state index contributed by atoms with van der Waals surface area (Å²) in [6, 6.07) is 9.88. The minimum atomic E-state index is -0.120. The maximum atomic E-state index is 12.4. The van der Waals surface area contributed by atoms with Gasteiger partial charge in [0.1, 0.15) is 0 Å². The normalized spacial score (nSPS) is 17.5. The molecule has 0 bridgehead atoms. The molecule has 0 radical (unpaired) electrons. The van der Waals surface area contributed by atoms with Gasteiger partial charge in [-0.1, -0.05) is 42.4 Å². The van der Waals surface area contributed by atoms with Gasteiger partial charge in [0.2, 0.25) is 11.8 Å². The van der Waals surface area contributed by atoms with Crippen molar-refractivity contribution in [1.82, 2.24) is 15.0 Å². The van der Waals surface area contributed by atoms with E-state index < -0.39 is 0 Å². The second kappa shape index (κ2) is 5.91. The molecule has 5 nitrogen and oxygen atoms in total. The molecule has 2 heterocycles. The van der Waals surface area contributed by atoms with E-state index in [1.54, 1.807) is 0 Å². The molecule has 1 aromatic heterocycles. The van der Waals surface area contributed by atoms with Crippen LogP contribution < -0.4 is 0 Å². The molecule has 1 aromatic carbocycles. The average Bonchev–Trinajstić information content (AvgIpc) is 2.96. The Labute approximate surface area is 130 Å². The summed E-state index contributed by atoms with van der Waals surface area (Å²) in [5, 5.41) is 3.88. The lowest BCUT2D eigenvalue weighted by atomic mass is 9.80. The highest BCUT2D eigenvalue weighted by Gasteiger charge is 2.37. The van der Waals surface area contributed by atoms with Crippen LogP contribution >= 0.6 is 0 Å². The smallest absolute Gasteiger partial charge is 0.232 e. The molecule has 0 unspecified atom stereocenters. The lowest BCUT2D eigenvalue weighted by Crippen LogP contribution is -2.44. The fourth-order valence-corrected chi connectivity index (χ4v) is 2.89. The van der Waals surface area contributed by atoms with Gasteiger partial charge in [-0.25, -0.2) is 0 Å². The van der Waals surface area contributed by atoms with E-state index in [1.807, 2.05) is 42.2 Å². The fraction of sp³-hybridized carbons (Fsp3) is 0.471. The number of likely N-dealkylation sites (tertiary alicyclic amines) is 1. The Bertz CT molecular complexity index is 643. The number of nitrogens with zero attached hydrogens (tertiary/aromatic N) is 3. The van der Waals surface area contributed by atoms with Crippen LogP contribution in [0.5, 0.6) is 0 Å². The lowest BCUT2D eigenvalue weighted by Gasteiger charge is -2.37. The molecule has 1 saturated heterocycles. The van der Waals surface area contributed by atoms with E-state index in [1.165, 1.54) is 0 Å². The first kappa shape index (κ1) is 14.8. The highest BCUT2D eigenvalue weighted by Crippen LogP contribution is 2.34. The quantitative estimate of drug-likeness (QED) is 0.873. The van der Waals surface area contributed by atoms with Gasteiger partial charge in [-0.2, -0.15) is 4.98 Å². The van der Waals surface area contributed by atoms with Crippen LogP contribution in [0, 0.1) is 6.92 Å². The summed E-state index contributed by atoms with van der Waals surface area (Å²) < 4.78 is 5.33. The zero-order valence-electron chi connectivity index (χ0n) is 13.1. The van der Waals surface area contributed by atoms with Gasteiger partial charge in [0.15, 0.2) is 5.82 Å². The molecule has 0 N–H and O–H groups in total. The summed E-state index contributed by atoms with van der Waals surface area (Å²) in [5.41, 5.74) is 0.943. The largest absolute Gasteiger partial charge is 0.342 e. The number of benzene rings is 1. The highest BCUT2D eigenvalue weighted by atomic mass is 16.5. The van der Waals surface area contributed by atoms with Crippen LogP contribution in [-0.4, -0.2) is 34.0 Å². The molecule has 1 amide bonds. The molecule has 0 spiro atoms. The Hall–Kier alpha value is -2.17. The standard InChI is InChI=1S/C17H21N3O2/c1-13-18-16(22-19-13)17(2)8-10-20(11-9-17)15(21)12-14-6-4-3-5-7-14/h3-7H,8-12H2,1-2H3. The van der Waals surface area contributed by atoms with Crippen molar-refractivity contribution < 1.29 is 9.32 Å². The van der Waals surface area contributed by atoms with Gasteiger partial charge in [-0.15, -0.1) is 0 Å². The predicted octanol–water partition coefficient (Wildman–Crippen LogP) is 2.50. The molecule has 0 saturated carbocycles. The van der Waals surface area contributed by atoms with Crippen LogP contribution in [0.4, 0.5) is 0 Å². The van der Waals surface area contributed by atoms with Crippen molar-refractivity contribution in [3.63, 3.8) is 0 Å². The highest BCUT2D eigenvalue weighted by molar-refractivity contribution is 5.78. The molecular formula is C17H21N3O2. The monoisotopic (exact) mass is 299 g/mol. The van der Waals surface area contributed by atoms with E-state index in [0.29, 0.717) is 18.1 Å². The Morgan fingerprint density at radius 1 is 1.27 bits per heavy atom. The van der Waals surface area contributed by atoms with Gasteiger partial charge >= 0.3 is 0 Å². The first-order valence-electron chi connectivity index (χ1n) is 7.69. The van der Waals surface area contributed by atoms with Gasteiger partial charge in [-0.05, 0) is 25.3 Å². The minimum Gasteiger partial charge on any atom is -0.342 e. The van der Waals surface area contributed by atoms with E-state index in [9.17, 15) is 4.79 Å². The van der Waals surface area contributed by atoms with Crippen molar-refractivity contribution in [2.45, 2.75) is 38.5 Å². The van der Waals surface area contributed by atoms with Crippen LogP contribution in [0.2, 0.25) is 0 Å². The fourth-order valence-electron chi connectivity index (χ4n) is 2.89. The molecular weight excluding hydrogens is 278 g/mol. The zero-order valence-corrected chi connectivity index (χ0v) is 13.1. The number of amides is 1. The molecule has 22 heavy (non-hydrogen) atoms. The maximum absolute atomic E-state index is 12.4. The first-order chi connectivity index (χ1) is 10.6. The number of aromatic nitrogens is 2. The van der Waals surface area contributed by atoms with Crippen LogP contribution in [0.25, 0.3) is 0 Å². The van der Waals surface area contributed by atoms with Crippen molar-refractivity contribution in [1.29, 1.82) is 0 Å². The predicted molar refractivity (Wildman–Crippen MR) is 82.3 cm³/mol. The second-order valence-corrected chi connectivity index (χ2v) is 6.25. The van der Waals surface area contributed by atoms with E-state index in [2.05, 4.69) is 17.1 Å². The van der Waals surface area contributed by atoms with E-state index in [4.69, 9.17) is 4.52 Å². The van der Waals surface area contributed by atoms with E-state index in [-0.39, 0.29) is 11.3 Å². The minimum absolute atomic E-state index is 0.120. The number of aryl methyl sites for hydroxylation is 1. The average molecular weight is 299 g/mol. The molecule has 1 fully saturated rings. The molecule has 0 aliphatic carbocycles. The number of carbonyl (C=O) groups is 1. The molecule has 116 valence electrons.